The number of amides is 1. The van der Waals surface area contributed by atoms with Gasteiger partial charge in [0.15, 0.2) is 17.2 Å². The number of likely N-dealkylation sites (tertiary alicyclic amines) is 1. The van der Waals surface area contributed by atoms with Crippen LogP contribution in [0.3, 0.4) is 0 Å². The number of aromatic nitrogens is 1. The van der Waals surface area contributed by atoms with Gasteiger partial charge >= 0.3 is 5.97 Å². The molecule has 9 heteroatoms. The average molecular weight is 356 g/mol. The van der Waals surface area contributed by atoms with E-state index in [2.05, 4.69) is 4.98 Å². The van der Waals surface area contributed by atoms with Gasteiger partial charge in [-0.05, 0) is 25.0 Å². The van der Waals surface area contributed by atoms with E-state index >= 15 is 0 Å². The van der Waals surface area contributed by atoms with Gasteiger partial charge in [0.25, 0.3) is 12.3 Å². The molecular weight excluding hydrogens is 342 g/mol. The number of halogens is 2. The smallest absolute Gasteiger partial charge is 0.355 e. The standard InChI is InChI=1S/C15H14F2N2O4S/c16-12(17)10-3-4-11(23-10)14(20)19-5-1-2-8(6-19)13-18-9(7-24-13)15(21)22/h3-4,7-8,12H,1-2,5-6H2,(H,21,22). The minimum Gasteiger partial charge on any atom is -0.476 e. The summed E-state index contributed by atoms with van der Waals surface area (Å²) in [6.07, 6.45) is -1.25. The molecule has 0 aromatic carbocycles. The Morgan fingerprint density at radius 2 is 2.21 bits per heavy atom. The molecule has 0 radical (unpaired) electrons. The molecule has 2 aromatic heterocycles. The highest BCUT2D eigenvalue weighted by Crippen LogP contribution is 2.30. The Hall–Kier alpha value is -2.29. The van der Waals surface area contributed by atoms with Gasteiger partial charge in [-0.2, -0.15) is 0 Å². The number of aromatic carboxylic acids is 1. The lowest BCUT2D eigenvalue weighted by Gasteiger charge is -2.31. The number of nitrogens with zero attached hydrogens (tertiary/aromatic N) is 2. The molecule has 3 rings (SSSR count). The first-order valence-electron chi connectivity index (χ1n) is 7.31. The molecule has 1 saturated heterocycles. The third kappa shape index (κ3) is 3.30. The summed E-state index contributed by atoms with van der Waals surface area (Å²) in [7, 11) is 0. The van der Waals surface area contributed by atoms with E-state index in [0.717, 1.165) is 18.9 Å². The Bertz CT molecular complexity index is 758. The van der Waals surface area contributed by atoms with Crippen LogP contribution in [0.4, 0.5) is 8.78 Å². The predicted molar refractivity (Wildman–Crippen MR) is 80.6 cm³/mol. The summed E-state index contributed by atoms with van der Waals surface area (Å²) in [6, 6.07) is 2.35. The summed E-state index contributed by atoms with van der Waals surface area (Å²) in [4.78, 5) is 28.9. The maximum absolute atomic E-state index is 12.6. The summed E-state index contributed by atoms with van der Waals surface area (Å²) >= 11 is 1.25. The van der Waals surface area contributed by atoms with Gasteiger partial charge in [0.2, 0.25) is 0 Å². The third-order valence-corrected chi connectivity index (χ3v) is 4.86. The van der Waals surface area contributed by atoms with Gasteiger partial charge < -0.3 is 14.4 Å². The van der Waals surface area contributed by atoms with Crippen LogP contribution in [-0.2, 0) is 0 Å². The quantitative estimate of drug-likeness (QED) is 0.908. The molecule has 1 fully saturated rings. The largest absolute Gasteiger partial charge is 0.476 e. The number of carboxylic acid groups (broad SMARTS) is 1. The lowest BCUT2D eigenvalue weighted by molar-refractivity contribution is 0.0651. The fourth-order valence-corrected chi connectivity index (χ4v) is 3.60. The molecule has 1 unspecified atom stereocenters. The summed E-state index contributed by atoms with van der Waals surface area (Å²) in [6.45, 7) is 0.854. The second-order valence-corrected chi connectivity index (χ2v) is 6.36. The van der Waals surface area contributed by atoms with Gasteiger partial charge in [-0.25, -0.2) is 18.6 Å². The van der Waals surface area contributed by atoms with Crippen LogP contribution in [0.25, 0.3) is 0 Å². The fraction of sp³-hybridized carbons (Fsp3) is 0.400. The molecule has 0 bridgehead atoms. The Morgan fingerprint density at radius 3 is 2.83 bits per heavy atom. The van der Waals surface area contributed by atoms with E-state index in [0.29, 0.717) is 18.1 Å². The number of carbonyl (C=O) groups is 2. The van der Waals surface area contributed by atoms with E-state index in [-0.39, 0.29) is 17.4 Å². The zero-order chi connectivity index (χ0) is 17.3. The molecule has 1 N–H and O–H groups in total. The van der Waals surface area contributed by atoms with Crippen molar-refractivity contribution in [3.8, 4) is 0 Å². The highest BCUT2D eigenvalue weighted by molar-refractivity contribution is 7.09. The SMILES string of the molecule is O=C(O)c1csc(C2CCCN(C(=O)c3ccc(C(F)F)o3)C2)n1. The van der Waals surface area contributed by atoms with Crippen molar-refractivity contribution in [2.45, 2.75) is 25.2 Å². The van der Waals surface area contributed by atoms with E-state index in [9.17, 15) is 18.4 Å². The zero-order valence-electron chi connectivity index (χ0n) is 12.4. The van der Waals surface area contributed by atoms with Crippen LogP contribution < -0.4 is 0 Å². The van der Waals surface area contributed by atoms with Crippen LogP contribution in [0.2, 0.25) is 0 Å². The molecule has 0 saturated carbocycles. The lowest BCUT2D eigenvalue weighted by atomic mass is 9.98. The molecule has 1 aliphatic heterocycles. The Morgan fingerprint density at radius 1 is 1.42 bits per heavy atom. The molecule has 0 spiro atoms. The number of piperidine rings is 1. The van der Waals surface area contributed by atoms with Crippen LogP contribution in [0.5, 0.6) is 0 Å². The molecule has 1 aliphatic rings. The average Bonchev–Trinajstić information content (AvgIpc) is 3.24. The first-order valence-corrected chi connectivity index (χ1v) is 8.19. The maximum atomic E-state index is 12.6. The fourth-order valence-electron chi connectivity index (χ4n) is 2.68. The summed E-state index contributed by atoms with van der Waals surface area (Å²) in [5.74, 6) is -2.24. The topological polar surface area (TPSA) is 83.6 Å². The van der Waals surface area contributed by atoms with Crippen molar-refractivity contribution in [2.24, 2.45) is 0 Å². The molecule has 2 aromatic rings. The van der Waals surface area contributed by atoms with E-state index in [1.54, 1.807) is 0 Å². The van der Waals surface area contributed by atoms with Crippen molar-refractivity contribution < 1.29 is 27.9 Å². The molecule has 1 amide bonds. The molecular formula is C15H14F2N2O4S. The number of rotatable bonds is 4. The van der Waals surface area contributed by atoms with Crippen LogP contribution in [-0.4, -0.2) is 40.0 Å². The van der Waals surface area contributed by atoms with Crippen molar-refractivity contribution >= 4 is 23.2 Å². The van der Waals surface area contributed by atoms with Crippen molar-refractivity contribution in [3.63, 3.8) is 0 Å². The van der Waals surface area contributed by atoms with Crippen molar-refractivity contribution in [1.82, 2.24) is 9.88 Å². The van der Waals surface area contributed by atoms with Gasteiger partial charge in [-0.15, -0.1) is 11.3 Å². The molecule has 128 valence electrons. The number of thiazole rings is 1. The predicted octanol–water partition coefficient (Wildman–Crippen LogP) is 3.39. The van der Waals surface area contributed by atoms with Crippen molar-refractivity contribution in [2.75, 3.05) is 13.1 Å². The van der Waals surface area contributed by atoms with E-state index in [1.807, 2.05) is 0 Å². The second-order valence-electron chi connectivity index (χ2n) is 5.47. The number of hydrogen-bond donors (Lipinski definition) is 1. The van der Waals surface area contributed by atoms with E-state index in [4.69, 9.17) is 9.52 Å². The van der Waals surface area contributed by atoms with Gasteiger partial charge in [0.05, 0.1) is 5.01 Å². The Labute approximate surface area is 139 Å². The third-order valence-electron chi connectivity index (χ3n) is 3.85. The Kier molecular flexibility index (Phi) is 4.61. The molecule has 1 atom stereocenters. The number of alkyl halides is 2. The van der Waals surface area contributed by atoms with Crippen molar-refractivity contribution in [1.29, 1.82) is 0 Å². The minimum absolute atomic E-state index is 0.00828. The van der Waals surface area contributed by atoms with Gasteiger partial charge in [0, 0.05) is 24.4 Å². The molecule has 24 heavy (non-hydrogen) atoms. The highest BCUT2D eigenvalue weighted by Gasteiger charge is 2.29. The number of hydrogen-bond acceptors (Lipinski definition) is 5. The number of furan rings is 1. The molecule has 3 heterocycles. The first kappa shape index (κ1) is 16.6. The van der Waals surface area contributed by atoms with Crippen LogP contribution in [0.1, 0.15) is 57.0 Å². The van der Waals surface area contributed by atoms with Crippen LogP contribution >= 0.6 is 11.3 Å². The number of carbonyl (C=O) groups excluding carboxylic acids is 1. The second kappa shape index (κ2) is 6.68. The van der Waals surface area contributed by atoms with Crippen LogP contribution in [0, 0.1) is 0 Å². The summed E-state index contributed by atoms with van der Waals surface area (Å²) in [5.41, 5.74) is -0.00828. The van der Waals surface area contributed by atoms with Gasteiger partial charge in [0.1, 0.15) is 0 Å². The van der Waals surface area contributed by atoms with Crippen LogP contribution in [0.15, 0.2) is 21.9 Å². The maximum Gasteiger partial charge on any atom is 0.355 e. The first-order chi connectivity index (χ1) is 11.5. The number of carboxylic acids is 1. The van der Waals surface area contributed by atoms with Gasteiger partial charge in [-0.3, -0.25) is 4.79 Å². The molecule has 0 aliphatic carbocycles. The van der Waals surface area contributed by atoms with Gasteiger partial charge in [-0.1, -0.05) is 0 Å². The minimum atomic E-state index is -2.76. The monoisotopic (exact) mass is 356 g/mol. The Balaban J connectivity index is 1.72. The zero-order valence-corrected chi connectivity index (χ0v) is 13.3. The molecule has 6 nitrogen and oxygen atoms in total. The van der Waals surface area contributed by atoms with Crippen molar-refractivity contribution in [3.05, 3.63) is 39.7 Å². The highest BCUT2D eigenvalue weighted by atomic mass is 32.1. The lowest BCUT2D eigenvalue weighted by Crippen LogP contribution is -2.39. The van der Waals surface area contributed by atoms with E-state index in [1.165, 1.54) is 27.7 Å². The summed E-state index contributed by atoms with van der Waals surface area (Å²) in [5, 5.41) is 11.1. The summed E-state index contributed by atoms with van der Waals surface area (Å²) < 4.78 is 30.0. The van der Waals surface area contributed by atoms with E-state index < -0.39 is 24.1 Å². The normalized spacial score (nSPS) is 18.1.